The van der Waals surface area contributed by atoms with E-state index in [0.717, 1.165) is 37.3 Å². The highest BCUT2D eigenvalue weighted by molar-refractivity contribution is 5.44. The van der Waals surface area contributed by atoms with E-state index < -0.39 is 0 Å². The van der Waals surface area contributed by atoms with Gasteiger partial charge in [0, 0.05) is 43.9 Å². The summed E-state index contributed by atoms with van der Waals surface area (Å²) in [6.45, 7) is 7.74. The molecule has 1 N–H and O–H groups in total. The monoisotopic (exact) mass is 249 g/mol. The molecular formula is C13H19N3O2. The van der Waals surface area contributed by atoms with E-state index in [1.165, 1.54) is 0 Å². The van der Waals surface area contributed by atoms with Crippen molar-refractivity contribution >= 4 is 5.69 Å². The van der Waals surface area contributed by atoms with Crippen LogP contribution in [0.5, 0.6) is 0 Å². The molecule has 0 spiro atoms. The van der Waals surface area contributed by atoms with Crippen LogP contribution in [0.2, 0.25) is 0 Å². The highest BCUT2D eigenvalue weighted by Gasteiger charge is 2.18. The maximum Gasteiger partial charge on any atom is 0.272 e. The van der Waals surface area contributed by atoms with Gasteiger partial charge in [-0.15, -0.1) is 0 Å². The van der Waals surface area contributed by atoms with Crippen LogP contribution in [0.4, 0.5) is 5.69 Å². The number of hydrogen-bond donors (Lipinski definition) is 1. The van der Waals surface area contributed by atoms with Crippen LogP contribution in [0, 0.1) is 17.0 Å². The van der Waals surface area contributed by atoms with E-state index in [4.69, 9.17) is 0 Å². The zero-order valence-corrected chi connectivity index (χ0v) is 10.8. The van der Waals surface area contributed by atoms with E-state index in [1.807, 2.05) is 13.0 Å². The van der Waals surface area contributed by atoms with E-state index in [2.05, 4.69) is 17.1 Å². The smallest absolute Gasteiger partial charge is 0.272 e. The SMILES string of the molecule is Cc1c(CN2CCN[C@H](C)C2)cccc1[N+](=O)[O-]. The highest BCUT2D eigenvalue weighted by atomic mass is 16.6. The molecule has 0 amide bonds. The largest absolute Gasteiger partial charge is 0.312 e. The predicted octanol–water partition coefficient (Wildman–Crippen LogP) is 1.70. The van der Waals surface area contributed by atoms with Crippen LogP contribution in [-0.2, 0) is 6.54 Å². The molecule has 98 valence electrons. The molecule has 1 heterocycles. The van der Waals surface area contributed by atoms with Crippen molar-refractivity contribution in [1.29, 1.82) is 0 Å². The van der Waals surface area contributed by atoms with E-state index in [0.29, 0.717) is 6.04 Å². The van der Waals surface area contributed by atoms with Gasteiger partial charge in [0.1, 0.15) is 0 Å². The summed E-state index contributed by atoms with van der Waals surface area (Å²) in [6.07, 6.45) is 0. The van der Waals surface area contributed by atoms with E-state index in [9.17, 15) is 10.1 Å². The normalized spacial score (nSPS) is 20.9. The van der Waals surface area contributed by atoms with Crippen molar-refractivity contribution in [2.24, 2.45) is 0 Å². The van der Waals surface area contributed by atoms with Crippen LogP contribution in [0.3, 0.4) is 0 Å². The van der Waals surface area contributed by atoms with E-state index in [-0.39, 0.29) is 10.6 Å². The Kier molecular flexibility index (Phi) is 3.93. The van der Waals surface area contributed by atoms with Crippen LogP contribution in [-0.4, -0.2) is 35.5 Å². The van der Waals surface area contributed by atoms with Crippen molar-refractivity contribution in [3.63, 3.8) is 0 Å². The Bertz CT molecular complexity index is 448. The molecule has 18 heavy (non-hydrogen) atoms. The first-order chi connectivity index (χ1) is 8.58. The molecule has 2 rings (SSSR count). The summed E-state index contributed by atoms with van der Waals surface area (Å²) in [6, 6.07) is 5.80. The lowest BCUT2D eigenvalue weighted by Crippen LogP contribution is -2.48. The molecule has 0 aromatic heterocycles. The lowest BCUT2D eigenvalue weighted by Gasteiger charge is -2.32. The molecule has 1 aromatic carbocycles. The number of nitro groups is 1. The summed E-state index contributed by atoms with van der Waals surface area (Å²) >= 11 is 0. The topological polar surface area (TPSA) is 58.4 Å². The van der Waals surface area contributed by atoms with Gasteiger partial charge in [0.05, 0.1) is 4.92 Å². The second kappa shape index (κ2) is 5.46. The van der Waals surface area contributed by atoms with Crippen LogP contribution < -0.4 is 5.32 Å². The Morgan fingerprint density at radius 2 is 2.33 bits per heavy atom. The summed E-state index contributed by atoms with van der Waals surface area (Å²) in [4.78, 5) is 12.9. The standard InChI is InChI=1S/C13H19N3O2/c1-10-8-15(7-6-14-10)9-12-4-3-5-13(11(12)2)16(17)18/h3-5,10,14H,6-9H2,1-2H3/t10-/m1/s1. The van der Waals surface area contributed by atoms with Gasteiger partial charge >= 0.3 is 0 Å². The summed E-state index contributed by atoms with van der Waals surface area (Å²) in [5.41, 5.74) is 2.06. The molecule has 0 radical (unpaired) electrons. The fourth-order valence-electron chi connectivity index (χ4n) is 2.44. The number of rotatable bonds is 3. The molecule has 0 aliphatic carbocycles. The molecule has 0 bridgehead atoms. The minimum Gasteiger partial charge on any atom is -0.312 e. The van der Waals surface area contributed by atoms with Crippen molar-refractivity contribution in [1.82, 2.24) is 10.2 Å². The molecule has 1 aliphatic heterocycles. The molecular weight excluding hydrogens is 230 g/mol. The Labute approximate surface area is 107 Å². The Morgan fingerprint density at radius 3 is 3.00 bits per heavy atom. The number of benzene rings is 1. The van der Waals surface area contributed by atoms with Gasteiger partial charge in [-0.1, -0.05) is 12.1 Å². The molecule has 1 saturated heterocycles. The lowest BCUT2D eigenvalue weighted by atomic mass is 10.1. The van der Waals surface area contributed by atoms with E-state index >= 15 is 0 Å². The third-order valence-electron chi connectivity index (χ3n) is 3.46. The van der Waals surface area contributed by atoms with Crippen molar-refractivity contribution in [3.8, 4) is 0 Å². The quantitative estimate of drug-likeness (QED) is 0.654. The van der Waals surface area contributed by atoms with Crippen LogP contribution in [0.15, 0.2) is 18.2 Å². The van der Waals surface area contributed by atoms with Gasteiger partial charge in [-0.2, -0.15) is 0 Å². The Balaban J connectivity index is 2.14. The fraction of sp³-hybridized carbons (Fsp3) is 0.538. The van der Waals surface area contributed by atoms with Gasteiger partial charge in [-0.05, 0) is 19.4 Å². The average Bonchev–Trinajstić information content (AvgIpc) is 2.31. The maximum atomic E-state index is 10.9. The van der Waals surface area contributed by atoms with Crippen LogP contribution >= 0.6 is 0 Å². The zero-order chi connectivity index (χ0) is 13.1. The minimum atomic E-state index is -0.306. The van der Waals surface area contributed by atoms with Gasteiger partial charge < -0.3 is 5.32 Å². The number of nitrogens with one attached hydrogen (secondary N) is 1. The first-order valence-electron chi connectivity index (χ1n) is 6.26. The average molecular weight is 249 g/mol. The number of nitrogens with zero attached hydrogens (tertiary/aromatic N) is 2. The number of nitro benzene ring substituents is 1. The summed E-state index contributed by atoms with van der Waals surface area (Å²) in [5, 5.41) is 14.3. The van der Waals surface area contributed by atoms with Crippen LogP contribution in [0.25, 0.3) is 0 Å². The van der Waals surface area contributed by atoms with Crippen LogP contribution in [0.1, 0.15) is 18.1 Å². The second-order valence-electron chi connectivity index (χ2n) is 4.91. The zero-order valence-electron chi connectivity index (χ0n) is 10.8. The van der Waals surface area contributed by atoms with Gasteiger partial charge in [0.2, 0.25) is 0 Å². The van der Waals surface area contributed by atoms with E-state index in [1.54, 1.807) is 12.1 Å². The first kappa shape index (κ1) is 13.0. The van der Waals surface area contributed by atoms with Crippen molar-refractivity contribution in [2.45, 2.75) is 26.4 Å². The minimum absolute atomic E-state index is 0.218. The fourth-order valence-corrected chi connectivity index (χ4v) is 2.44. The lowest BCUT2D eigenvalue weighted by molar-refractivity contribution is -0.385. The molecule has 1 aromatic rings. The molecule has 0 saturated carbocycles. The number of hydrogen-bond acceptors (Lipinski definition) is 4. The maximum absolute atomic E-state index is 10.9. The molecule has 1 aliphatic rings. The molecule has 5 heteroatoms. The third-order valence-corrected chi connectivity index (χ3v) is 3.46. The van der Waals surface area contributed by atoms with Gasteiger partial charge in [-0.3, -0.25) is 15.0 Å². The molecule has 5 nitrogen and oxygen atoms in total. The van der Waals surface area contributed by atoms with Crippen molar-refractivity contribution in [2.75, 3.05) is 19.6 Å². The number of piperazine rings is 1. The molecule has 1 atom stereocenters. The summed E-state index contributed by atoms with van der Waals surface area (Å²) in [5.74, 6) is 0. The highest BCUT2D eigenvalue weighted by Crippen LogP contribution is 2.22. The third kappa shape index (κ3) is 2.86. The van der Waals surface area contributed by atoms with Gasteiger partial charge in [0.15, 0.2) is 0 Å². The Morgan fingerprint density at radius 1 is 1.56 bits per heavy atom. The first-order valence-corrected chi connectivity index (χ1v) is 6.26. The van der Waals surface area contributed by atoms with Gasteiger partial charge in [-0.25, -0.2) is 0 Å². The predicted molar refractivity (Wildman–Crippen MR) is 70.6 cm³/mol. The summed E-state index contributed by atoms with van der Waals surface area (Å²) in [7, 11) is 0. The second-order valence-corrected chi connectivity index (χ2v) is 4.91. The summed E-state index contributed by atoms with van der Waals surface area (Å²) < 4.78 is 0. The van der Waals surface area contributed by atoms with Crippen molar-refractivity contribution in [3.05, 3.63) is 39.4 Å². The molecule has 1 fully saturated rings. The van der Waals surface area contributed by atoms with Crippen molar-refractivity contribution < 1.29 is 4.92 Å². The van der Waals surface area contributed by atoms with Gasteiger partial charge in [0.25, 0.3) is 5.69 Å². The Hall–Kier alpha value is -1.46. The molecule has 0 unspecified atom stereocenters.